The fraction of sp³-hybridized carbons (Fsp3) is 0.235. The van der Waals surface area contributed by atoms with Crippen molar-refractivity contribution in [1.29, 1.82) is 0 Å². The molecule has 1 amide bonds. The van der Waals surface area contributed by atoms with Crippen LogP contribution in [0.1, 0.15) is 24.0 Å². The van der Waals surface area contributed by atoms with E-state index in [-0.39, 0.29) is 11.3 Å². The second-order valence-corrected chi connectivity index (χ2v) is 6.85. The van der Waals surface area contributed by atoms with Crippen LogP contribution < -0.4 is 5.32 Å². The van der Waals surface area contributed by atoms with Gasteiger partial charge < -0.3 is 5.32 Å². The molecule has 0 bridgehead atoms. The van der Waals surface area contributed by atoms with E-state index in [1.54, 1.807) is 0 Å². The van der Waals surface area contributed by atoms with Crippen LogP contribution in [0.25, 0.3) is 0 Å². The average molecular weight is 365 g/mol. The number of benzene rings is 2. The summed E-state index contributed by atoms with van der Waals surface area (Å²) in [6, 6.07) is 13.4. The van der Waals surface area contributed by atoms with Crippen molar-refractivity contribution in [2.45, 2.75) is 25.2 Å². The summed E-state index contributed by atoms with van der Waals surface area (Å²) < 4.78 is 1.01. The fourth-order valence-electron chi connectivity index (χ4n) is 2.55. The summed E-state index contributed by atoms with van der Waals surface area (Å²) in [7, 11) is 0. The van der Waals surface area contributed by atoms with E-state index in [0.717, 1.165) is 34.1 Å². The Bertz CT molecular complexity index is 692. The van der Waals surface area contributed by atoms with Gasteiger partial charge in [0.15, 0.2) is 0 Å². The van der Waals surface area contributed by atoms with Crippen molar-refractivity contribution in [2.75, 3.05) is 5.32 Å². The Morgan fingerprint density at radius 2 is 1.86 bits per heavy atom. The Morgan fingerprint density at radius 3 is 2.43 bits per heavy atom. The molecule has 2 aromatic carbocycles. The summed E-state index contributed by atoms with van der Waals surface area (Å²) in [4.78, 5) is 12.7. The zero-order chi connectivity index (χ0) is 15.0. The van der Waals surface area contributed by atoms with Crippen LogP contribution in [0.2, 0.25) is 5.02 Å². The lowest BCUT2D eigenvalue weighted by Gasteiger charge is -2.17. The van der Waals surface area contributed by atoms with Gasteiger partial charge in [-0.1, -0.05) is 39.7 Å². The Kier molecular flexibility index (Phi) is 3.80. The van der Waals surface area contributed by atoms with Crippen LogP contribution in [0.15, 0.2) is 46.9 Å². The molecule has 0 saturated heterocycles. The molecule has 2 aromatic rings. The van der Waals surface area contributed by atoms with E-state index in [2.05, 4.69) is 21.2 Å². The Hall–Kier alpha value is -1.32. The van der Waals surface area contributed by atoms with E-state index in [1.807, 2.05) is 49.4 Å². The Morgan fingerprint density at radius 1 is 1.19 bits per heavy atom. The van der Waals surface area contributed by atoms with Gasteiger partial charge in [-0.05, 0) is 61.2 Å². The number of amides is 1. The van der Waals surface area contributed by atoms with E-state index in [1.165, 1.54) is 0 Å². The van der Waals surface area contributed by atoms with Crippen molar-refractivity contribution in [3.8, 4) is 0 Å². The molecule has 4 heteroatoms. The molecule has 1 N–H and O–H groups in total. The molecule has 21 heavy (non-hydrogen) atoms. The number of carbonyl (C=O) groups excluding carboxylic acids is 1. The third-order valence-corrected chi connectivity index (χ3v) is 4.76. The molecule has 0 aliphatic heterocycles. The zero-order valence-electron chi connectivity index (χ0n) is 11.6. The maximum absolute atomic E-state index is 12.7. The molecule has 3 rings (SSSR count). The second-order valence-electron chi connectivity index (χ2n) is 5.50. The minimum absolute atomic E-state index is 0.0650. The number of carbonyl (C=O) groups is 1. The number of nitrogens with one attached hydrogen (secondary N) is 1. The first-order chi connectivity index (χ1) is 10.0. The van der Waals surface area contributed by atoms with Gasteiger partial charge >= 0.3 is 0 Å². The van der Waals surface area contributed by atoms with E-state index < -0.39 is 0 Å². The van der Waals surface area contributed by atoms with Crippen molar-refractivity contribution in [2.24, 2.45) is 0 Å². The predicted octanol–water partition coefficient (Wildman–Crippen LogP) is 5.08. The zero-order valence-corrected chi connectivity index (χ0v) is 14.0. The third-order valence-electron chi connectivity index (χ3n) is 4.02. The van der Waals surface area contributed by atoms with E-state index in [4.69, 9.17) is 11.6 Å². The molecular weight excluding hydrogens is 350 g/mol. The van der Waals surface area contributed by atoms with Gasteiger partial charge in [-0.3, -0.25) is 4.79 Å². The molecular formula is C17H15BrClNO. The SMILES string of the molecule is Cc1cc(Br)ccc1NC(=O)C1(c2ccc(Cl)cc2)CC1. The van der Waals surface area contributed by atoms with Crippen molar-refractivity contribution in [3.05, 3.63) is 63.1 Å². The number of halogens is 2. The highest BCUT2D eigenvalue weighted by molar-refractivity contribution is 9.10. The summed E-state index contributed by atoms with van der Waals surface area (Å²) in [6.07, 6.45) is 1.77. The van der Waals surface area contributed by atoms with Gasteiger partial charge in [0.25, 0.3) is 0 Å². The number of anilines is 1. The molecule has 1 saturated carbocycles. The van der Waals surface area contributed by atoms with Gasteiger partial charge in [0, 0.05) is 15.2 Å². The highest BCUT2D eigenvalue weighted by atomic mass is 79.9. The standard InChI is InChI=1S/C17H15BrClNO/c1-11-10-13(18)4-7-15(11)20-16(21)17(8-9-17)12-2-5-14(19)6-3-12/h2-7,10H,8-9H2,1H3,(H,20,21). The van der Waals surface area contributed by atoms with E-state index >= 15 is 0 Å². The van der Waals surface area contributed by atoms with Crippen LogP contribution in [0, 0.1) is 6.92 Å². The molecule has 0 unspecified atom stereocenters. The van der Waals surface area contributed by atoms with Gasteiger partial charge in [-0.2, -0.15) is 0 Å². The lowest BCUT2D eigenvalue weighted by molar-refractivity contribution is -0.118. The average Bonchev–Trinajstić information content (AvgIpc) is 3.24. The number of hydrogen-bond acceptors (Lipinski definition) is 1. The highest BCUT2D eigenvalue weighted by Gasteiger charge is 2.51. The number of aryl methyl sites for hydroxylation is 1. The van der Waals surface area contributed by atoms with Crippen LogP contribution in [0.4, 0.5) is 5.69 Å². The predicted molar refractivity (Wildman–Crippen MR) is 89.9 cm³/mol. The molecule has 0 spiro atoms. The normalized spacial score (nSPS) is 15.6. The Balaban J connectivity index is 1.83. The number of hydrogen-bond donors (Lipinski definition) is 1. The van der Waals surface area contributed by atoms with E-state index in [0.29, 0.717) is 5.02 Å². The maximum Gasteiger partial charge on any atom is 0.235 e. The quantitative estimate of drug-likeness (QED) is 0.808. The monoisotopic (exact) mass is 363 g/mol. The summed E-state index contributed by atoms with van der Waals surface area (Å²) in [5.41, 5.74) is 2.57. The first-order valence-electron chi connectivity index (χ1n) is 6.85. The molecule has 0 heterocycles. The van der Waals surface area contributed by atoms with Crippen molar-refractivity contribution in [3.63, 3.8) is 0 Å². The van der Waals surface area contributed by atoms with Crippen LogP contribution in [-0.2, 0) is 10.2 Å². The van der Waals surface area contributed by atoms with Crippen LogP contribution >= 0.6 is 27.5 Å². The molecule has 0 atom stereocenters. The van der Waals surface area contributed by atoms with E-state index in [9.17, 15) is 4.79 Å². The van der Waals surface area contributed by atoms with Gasteiger partial charge in [0.1, 0.15) is 0 Å². The third kappa shape index (κ3) is 2.85. The molecule has 2 nitrogen and oxygen atoms in total. The first kappa shape index (κ1) is 14.6. The summed E-state index contributed by atoms with van der Waals surface area (Å²) in [5.74, 6) is 0.0650. The molecule has 108 valence electrons. The topological polar surface area (TPSA) is 29.1 Å². The summed E-state index contributed by atoms with van der Waals surface area (Å²) >= 11 is 9.35. The fourth-order valence-corrected chi connectivity index (χ4v) is 3.15. The molecule has 0 aromatic heterocycles. The maximum atomic E-state index is 12.7. The van der Waals surface area contributed by atoms with Gasteiger partial charge in [0.2, 0.25) is 5.91 Å². The van der Waals surface area contributed by atoms with Gasteiger partial charge in [0.05, 0.1) is 5.41 Å². The van der Waals surface area contributed by atoms with Gasteiger partial charge in [-0.25, -0.2) is 0 Å². The minimum atomic E-state index is -0.385. The smallest absolute Gasteiger partial charge is 0.235 e. The van der Waals surface area contributed by atoms with Crippen LogP contribution in [0.5, 0.6) is 0 Å². The first-order valence-corrected chi connectivity index (χ1v) is 8.02. The lowest BCUT2D eigenvalue weighted by Crippen LogP contribution is -2.28. The molecule has 1 aliphatic carbocycles. The van der Waals surface area contributed by atoms with Crippen LogP contribution in [0.3, 0.4) is 0 Å². The van der Waals surface area contributed by atoms with Crippen molar-refractivity contribution < 1.29 is 4.79 Å². The summed E-state index contributed by atoms with van der Waals surface area (Å²) in [5, 5.41) is 3.75. The second kappa shape index (κ2) is 5.47. The molecule has 1 aliphatic rings. The summed E-state index contributed by atoms with van der Waals surface area (Å²) in [6.45, 7) is 1.99. The number of rotatable bonds is 3. The molecule has 0 radical (unpaired) electrons. The minimum Gasteiger partial charge on any atom is -0.325 e. The van der Waals surface area contributed by atoms with Gasteiger partial charge in [-0.15, -0.1) is 0 Å². The highest BCUT2D eigenvalue weighted by Crippen LogP contribution is 2.49. The molecule has 1 fully saturated rings. The van der Waals surface area contributed by atoms with Crippen molar-refractivity contribution in [1.82, 2.24) is 0 Å². The van der Waals surface area contributed by atoms with Crippen molar-refractivity contribution >= 4 is 39.1 Å². The lowest BCUT2D eigenvalue weighted by atomic mass is 9.95. The largest absolute Gasteiger partial charge is 0.325 e. The Labute approximate surface area is 137 Å². The van der Waals surface area contributed by atoms with Crippen LogP contribution in [-0.4, -0.2) is 5.91 Å².